The molecule has 2 N–H and O–H groups in total. The summed E-state index contributed by atoms with van der Waals surface area (Å²) in [5, 5.41) is 5.41. The summed E-state index contributed by atoms with van der Waals surface area (Å²) in [6, 6.07) is 9.12. The van der Waals surface area contributed by atoms with E-state index in [0.717, 1.165) is 0 Å². The van der Waals surface area contributed by atoms with Gasteiger partial charge in [0.1, 0.15) is 5.69 Å². The number of hydrogen-bond donors (Lipinski definition) is 2. The van der Waals surface area contributed by atoms with E-state index in [9.17, 15) is 14.4 Å². The molecule has 24 heavy (non-hydrogen) atoms. The normalized spacial score (nSPS) is 9.92. The van der Waals surface area contributed by atoms with Crippen molar-refractivity contribution in [2.24, 2.45) is 0 Å². The number of hydrogen-bond acceptors (Lipinski definition) is 5. The fourth-order valence-corrected chi connectivity index (χ4v) is 1.95. The second-order valence-electron chi connectivity index (χ2n) is 4.66. The summed E-state index contributed by atoms with van der Waals surface area (Å²) in [5.41, 5.74) is 0.983. The maximum absolute atomic E-state index is 11.8. The largest absolute Gasteiger partial charge is 0.465 e. The predicted molar refractivity (Wildman–Crippen MR) is 88.0 cm³/mol. The highest BCUT2D eigenvalue weighted by molar-refractivity contribution is 6.30. The molecule has 124 valence electrons. The molecule has 2 amide bonds. The molecule has 0 saturated heterocycles. The maximum Gasteiger partial charge on any atom is 0.337 e. The number of halogens is 1. The highest BCUT2D eigenvalue weighted by Crippen LogP contribution is 2.10. The molecule has 0 aliphatic heterocycles. The number of benzene rings is 1. The van der Waals surface area contributed by atoms with Gasteiger partial charge in [0.05, 0.1) is 19.2 Å². The van der Waals surface area contributed by atoms with Crippen molar-refractivity contribution in [2.75, 3.05) is 19.0 Å². The highest BCUT2D eigenvalue weighted by atomic mass is 35.5. The van der Waals surface area contributed by atoms with E-state index in [0.29, 0.717) is 16.3 Å². The molecule has 0 saturated carbocycles. The minimum Gasteiger partial charge on any atom is -0.465 e. The Labute approximate surface area is 143 Å². The van der Waals surface area contributed by atoms with Crippen LogP contribution >= 0.6 is 11.6 Å². The van der Waals surface area contributed by atoms with Gasteiger partial charge in [0.25, 0.3) is 5.91 Å². The lowest BCUT2D eigenvalue weighted by Crippen LogP contribution is -2.33. The summed E-state index contributed by atoms with van der Waals surface area (Å²) in [6.07, 6.45) is 1.40. The Morgan fingerprint density at radius 2 is 1.88 bits per heavy atom. The minimum absolute atomic E-state index is 0.123. The van der Waals surface area contributed by atoms with Crippen LogP contribution in [0.15, 0.2) is 42.6 Å². The Bertz CT molecular complexity index is 762. The molecular weight excluding hydrogens is 334 g/mol. The fourth-order valence-electron chi connectivity index (χ4n) is 1.79. The Kier molecular flexibility index (Phi) is 5.86. The van der Waals surface area contributed by atoms with Gasteiger partial charge in [0, 0.05) is 16.9 Å². The first-order valence-electron chi connectivity index (χ1n) is 6.87. The zero-order valence-corrected chi connectivity index (χ0v) is 13.5. The summed E-state index contributed by atoms with van der Waals surface area (Å²) in [6.45, 7) is -0.230. The molecule has 7 nitrogen and oxygen atoms in total. The fraction of sp³-hybridized carbons (Fsp3) is 0.125. The highest BCUT2D eigenvalue weighted by Gasteiger charge is 2.10. The standard InChI is InChI=1S/C16H14ClN3O4/c1-24-16(23)10-2-4-12(5-3-10)20-14(21)9-19-15(22)13-8-11(17)6-7-18-13/h2-8H,9H2,1H3,(H,19,22)(H,20,21). The van der Waals surface area contributed by atoms with Gasteiger partial charge in [-0.15, -0.1) is 0 Å². The molecule has 0 bridgehead atoms. The summed E-state index contributed by atoms with van der Waals surface area (Å²) in [4.78, 5) is 38.8. The number of aromatic nitrogens is 1. The minimum atomic E-state index is -0.506. The van der Waals surface area contributed by atoms with Crippen LogP contribution in [-0.2, 0) is 9.53 Å². The molecule has 0 radical (unpaired) electrons. The van der Waals surface area contributed by atoms with Crippen molar-refractivity contribution < 1.29 is 19.1 Å². The van der Waals surface area contributed by atoms with Gasteiger partial charge in [0.2, 0.25) is 5.91 Å². The third-order valence-corrected chi connectivity index (χ3v) is 3.19. The van der Waals surface area contributed by atoms with Gasteiger partial charge in [-0.2, -0.15) is 0 Å². The lowest BCUT2D eigenvalue weighted by molar-refractivity contribution is -0.115. The lowest BCUT2D eigenvalue weighted by Gasteiger charge is -2.07. The number of nitrogens with zero attached hydrogens (tertiary/aromatic N) is 1. The number of rotatable bonds is 5. The zero-order chi connectivity index (χ0) is 17.5. The van der Waals surface area contributed by atoms with Crippen LogP contribution in [0, 0.1) is 0 Å². The Balaban J connectivity index is 1.87. The predicted octanol–water partition coefficient (Wildman–Crippen LogP) is 1.89. The molecule has 2 rings (SSSR count). The van der Waals surface area contributed by atoms with Crippen molar-refractivity contribution in [2.45, 2.75) is 0 Å². The van der Waals surface area contributed by atoms with Gasteiger partial charge in [0.15, 0.2) is 0 Å². The summed E-state index contributed by atoms with van der Waals surface area (Å²) >= 11 is 5.77. The number of ether oxygens (including phenoxy) is 1. The Morgan fingerprint density at radius 1 is 1.17 bits per heavy atom. The molecule has 0 atom stereocenters. The molecule has 2 aromatic rings. The SMILES string of the molecule is COC(=O)c1ccc(NC(=O)CNC(=O)c2cc(Cl)ccn2)cc1. The van der Waals surface area contributed by atoms with Gasteiger partial charge in [-0.05, 0) is 36.4 Å². The number of anilines is 1. The summed E-state index contributed by atoms with van der Waals surface area (Å²) in [5.74, 6) is -1.39. The number of esters is 1. The number of carbonyl (C=O) groups is 3. The van der Waals surface area contributed by atoms with E-state index in [4.69, 9.17) is 11.6 Å². The number of methoxy groups -OCH3 is 1. The number of pyridine rings is 1. The van der Waals surface area contributed by atoms with E-state index in [2.05, 4.69) is 20.4 Å². The van der Waals surface area contributed by atoms with Crippen LogP contribution in [0.2, 0.25) is 5.02 Å². The molecule has 1 heterocycles. The second kappa shape index (κ2) is 8.07. The smallest absolute Gasteiger partial charge is 0.337 e. The van der Waals surface area contributed by atoms with Crippen molar-refractivity contribution >= 4 is 35.1 Å². The van der Waals surface area contributed by atoms with Gasteiger partial charge < -0.3 is 15.4 Å². The van der Waals surface area contributed by atoms with E-state index >= 15 is 0 Å². The average molecular weight is 348 g/mol. The van der Waals surface area contributed by atoms with Crippen LogP contribution in [0.3, 0.4) is 0 Å². The van der Waals surface area contributed by atoms with Crippen molar-refractivity contribution in [3.05, 3.63) is 58.9 Å². The van der Waals surface area contributed by atoms with Crippen LogP contribution in [0.25, 0.3) is 0 Å². The second-order valence-corrected chi connectivity index (χ2v) is 5.10. The maximum atomic E-state index is 11.8. The molecule has 0 fully saturated rings. The van der Waals surface area contributed by atoms with Gasteiger partial charge >= 0.3 is 5.97 Å². The van der Waals surface area contributed by atoms with E-state index < -0.39 is 17.8 Å². The number of carbonyl (C=O) groups excluding carboxylic acids is 3. The third-order valence-electron chi connectivity index (χ3n) is 2.95. The van der Waals surface area contributed by atoms with E-state index in [-0.39, 0.29) is 12.2 Å². The lowest BCUT2D eigenvalue weighted by atomic mass is 10.2. The number of nitrogens with one attached hydrogen (secondary N) is 2. The van der Waals surface area contributed by atoms with Crippen molar-refractivity contribution in [3.8, 4) is 0 Å². The van der Waals surface area contributed by atoms with Crippen LogP contribution in [0.4, 0.5) is 5.69 Å². The van der Waals surface area contributed by atoms with E-state index in [1.54, 1.807) is 18.2 Å². The van der Waals surface area contributed by atoms with Crippen LogP contribution in [-0.4, -0.2) is 36.4 Å². The van der Waals surface area contributed by atoms with Crippen molar-refractivity contribution in [1.82, 2.24) is 10.3 Å². The molecule has 1 aromatic carbocycles. The molecular formula is C16H14ClN3O4. The van der Waals surface area contributed by atoms with Gasteiger partial charge in [-0.1, -0.05) is 11.6 Å². The first-order valence-corrected chi connectivity index (χ1v) is 7.25. The first kappa shape index (κ1) is 17.4. The Hall–Kier alpha value is -2.93. The van der Waals surface area contributed by atoms with Crippen LogP contribution in [0.1, 0.15) is 20.8 Å². The molecule has 8 heteroatoms. The Morgan fingerprint density at radius 3 is 2.50 bits per heavy atom. The molecule has 0 aliphatic carbocycles. The van der Waals surface area contributed by atoms with Crippen molar-refractivity contribution in [3.63, 3.8) is 0 Å². The third kappa shape index (κ3) is 4.79. The molecule has 0 unspecified atom stereocenters. The topological polar surface area (TPSA) is 97.4 Å². The summed E-state index contributed by atoms with van der Waals surface area (Å²) < 4.78 is 4.58. The van der Waals surface area contributed by atoms with Gasteiger partial charge in [-0.25, -0.2) is 4.79 Å². The quantitative estimate of drug-likeness (QED) is 0.805. The van der Waals surface area contributed by atoms with Gasteiger partial charge in [-0.3, -0.25) is 14.6 Å². The van der Waals surface area contributed by atoms with E-state index in [1.165, 1.54) is 31.5 Å². The molecule has 0 spiro atoms. The number of amides is 2. The molecule has 0 aliphatic rings. The van der Waals surface area contributed by atoms with E-state index in [1.807, 2.05) is 0 Å². The monoisotopic (exact) mass is 347 g/mol. The van der Waals surface area contributed by atoms with Crippen molar-refractivity contribution in [1.29, 1.82) is 0 Å². The average Bonchev–Trinajstić information content (AvgIpc) is 2.59. The summed E-state index contributed by atoms with van der Waals surface area (Å²) in [7, 11) is 1.29. The first-order chi connectivity index (χ1) is 11.5. The van der Waals surface area contributed by atoms with Crippen LogP contribution in [0.5, 0.6) is 0 Å². The molecule has 1 aromatic heterocycles. The zero-order valence-electron chi connectivity index (χ0n) is 12.7. The van der Waals surface area contributed by atoms with Crippen LogP contribution < -0.4 is 10.6 Å².